The number of nitrogens with one attached hydrogen (secondary N) is 1. The molecule has 3 nitrogen and oxygen atoms in total. The lowest BCUT2D eigenvalue weighted by Crippen LogP contribution is -2.18. The number of rotatable bonds is 2. The van der Waals surface area contributed by atoms with Crippen molar-refractivity contribution >= 4 is 11.6 Å². The quantitative estimate of drug-likeness (QED) is 0.788. The Labute approximate surface area is 93.9 Å². The molecule has 2 rings (SSSR count). The van der Waals surface area contributed by atoms with Crippen molar-refractivity contribution in [2.75, 3.05) is 0 Å². The molecule has 1 aliphatic carbocycles. The molecule has 1 fully saturated rings. The van der Waals surface area contributed by atoms with Crippen molar-refractivity contribution < 1.29 is 0 Å². The molecule has 1 aromatic rings. The van der Waals surface area contributed by atoms with E-state index in [9.17, 15) is 4.79 Å². The Hall–Kier alpha value is -0.830. The molecule has 0 amide bonds. The van der Waals surface area contributed by atoms with Crippen LogP contribution in [-0.4, -0.2) is 9.97 Å². The zero-order valence-corrected chi connectivity index (χ0v) is 9.55. The molecule has 0 aliphatic heterocycles. The predicted octanol–water partition coefficient (Wildman–Crippen LogP) is 2.41. The molecule has 82 valence electrons. The van der Waals surface area contributed by atoms with Crippen molar-refractivity contribution in [2.24, 2.45) is 5.92 Å². The lowest BCUT2D eigenvalue weighted by molar-refractivity contribution is 0.507. The summed E-state index contributed by atoms with van der Waals surface area (Å²) in [4.78, 5) is 18.7. The summed E-state index contributed by atoms with van der Waals surface area (Å²) >= 11 is 5.61. The highest BCUT2D eigenvalue weighted by Gasteiger charge is 2.26. The molecule has 1 heterocycles. The molecule has 0 aromatic carbocycles. The van der Waals surface area contributed by atoms with E-state index >= 15 is 0 Å². The van der Waals surface area contributed by atoms with Crippen molar-refractivity contribution in [1.29, 1.82) is 0 Å². The van der Waals surface area contributed by atoms with Gasteiger partial charge in [0.2, 0.25) is 0 Å². The van der Waals surface area contributed by atoms with Gasteiger partial charge in [0.15, 0.2) is 0 Å². The average Bonchev–Trinajstić information content (AvgIpc) is 2.64. The van der Waals surface area contributed by atoms with Crippen molar-refractivity contribution in [3.63, 3.8) is 0 Å². The molecule has 1 saturated carbocycles. The topological polar surface area (TPSA) is 45.8 Å². The van der Waals surface area contributed by atoms with Gasteiger partial charge in [-0.15, -0.1) is 11.6 Å². The van der Waals surface area contributed by atoms with Crippen LogP contribution >= 0.6 is 11.6 Å². The van der Waals surface area contributed by atoms with Gasteiger partial charge in [-0.2, -0.15) is 0 Å². The van der Waals surface area contributed by atoms with Crippen molar-refractivity contribution in [3.8, 4) is 0 Å². The molecule has 4 heteroatoms. The van der Waals surface area contributed by atoms with Gasteiger partial charge in [-0.05, 0) is 18.8 Å². The standard InChI is InChI=1S/C11H15ClN2O/c1-7-3-2-4-9(7)10-13-6-8(5-12)11(15)14-10/h6-7,9H,2-5H2,1H3,(H,13,14,15). The Kier molecular flexibility index (Phi) is 3.10. The number of alkyl halides is 1. The number of aromatic amines is 1. The van der Waals surface area contributed by atoms with Crippen molar-refractivity contribution in [2.45, 2.75) is 38.0 Å². The van der Waals surface area contributed by atoms with Gasteiger partial charge in [0.25, 0.3) is 5.56 Å². The van der Waals surface area contributed by atoms with Gasteiger partial charge in [0.1, 0.15) is 5.82 Å². The van der Waals surface area contributed by atoms with Gasteiger partial charge < -0.3 is 4.98 Å². The van der Waals surface area contributed by atoms with E-state index < -0.39 is 0 Å². The molecule has 0 saturated heterocycles. The fraction of sp³-hybridized carbons (Fsp3) is 0.636. The second-order valence-corrected chi connectivity index (χ2v) is 4.54. The monoisotopic (exact) mass is 226 g/mol. The first-order valence-corrected chi connectivity index (χ1v) is 5.90. The summed E-state index contributed by atoms with van der Waals surface area (Å²) < 4.78 is 0. The largest absolute Gasteiger partial charge is 0.310 e. The van der Waals surface area contributed by atoms with Crippen LogP contribution < -0.4 is 5.56 Å². The Morgan fingerprint density at radius 1 is 1.60 bits per heavy atom. The molecule has 1 N–H and O–H groups in total. The minimum absolute atomic E-state index is 0.0888. The van der Waals surface area contributed by atoms with E-state index in [1.54, 1.807) is 6.20 Å². The van der Waals surface area contributed by atoms with Crippen LogP contribution in [0, 0.1) is 5.92 Å². The molecule has 1 aromatic heterocycles. The highest BCUT2D eigenvalue weighted by Crippen LogP contribution is 2.37. The van der Waals surface area contributed by atoms with E-state index in [0.717, 1.165) is 12.2 Å². The SMILES string of the molecule is CC1CCCC1c1ncc(CCl)c(=O)[nH]1. The first-order valence-electron chi connectivity index (χ1n) is 5.36. The van der Waals surface area contributed by atoms with Crippen LogP contribution in [0.2, 0.25) is 0 Å². The number of aromatic nitrogens is 2. The van der Waals surface area contributed by atoms with Crippen LogP contribution in [0.1, 0.15) is 43.5 Å². The second kappa shape index (κ2) is 4.35. The highest BCUT2D eigenvalue weighted by molar-refractivity contribution is 6.16. The van der Waals surface area contributed by atoms with Crippen LogP contribution in [0.25, 0.3) is 0 Å². The molecule has 2 atom stereocenters. The van der Waals surface area contributed by atoms with Crippen LogP contribution in [0.3, 0.4) is 0 Å². The summed E-state index contributed by atoms with van der Waals surface area (Å²) in [5.41, 5.74) is 0.458. The normalized spacial score (nSPS) is 25.7. The highest BCUT2D eigenvalue weighted by atomic mass is 35.5. The van der Waals surface area contributed by atoms with Crippen LogP contribution in [0.15, 0.2) is 11.0 Å². The maximum Gasteiger partial charge on any atom is 0.255 e. The summed E-state index contributed by atoms with van der Waals surface area (Å²) in [7, 11) is 0. The van der Waals surface area contributed by atoms with Gasteiger partial charge in [-0.1, -0.05) is 13.3 Å². The van der Waals surface area contributed by atoms with Crippen molar-refractivity contribution in [1.82, 2.24) is 9.97 Å². The zero-order valence-electron chi connectivity index (χ0n) is 8.79. The first kappa shape index (κ1) is 10.7. The lowest BCUT2D eigenvalue weighted by atomic mass is 9.97. The van der Waals surface area contributed by atoms with Gasteiger partial charge >= 0.3 is 0 Å². The molecule has 0 radical (unpaired) electrons. The van der Waals surface area contributed by atoms with Gasteiger partial charge in [0, 0.05) is 12.1 Å². The Balaban J connectivity index is 2.30. The summed E-state index contributed by atoms with van der Waals surface area (Å²) in [6, 6.07) is 0. The molecule has 0 bridgehead atoms. The third-order valence-electron chi connectivity index (χ3n) is 3.25. The Morgan fingerprint density at radius 3 is 2.93 bits per heavy atom. The van der Waals surface area contributed by atoms with E-state index in [2.05, 4.69) is 16.9 Å². The number of hydrogen-bond acceptors (Lipinski definition) is 2. The van der Waals surface area contributed by atoms with E-state index in [4.69, 9.17) is 11.6 Å². The van der Waals surface area contributed by atoms with Crippen molar-refractivity contribution in [3.05, 3.63) is 27.9 Å². The van der Waals surface area contributed by atoms with E-state index in [-0.39, 0.29) is 11.4 Å². The molecular weight excluding hydrogens is 212 g/mol. The Morgan fingerprint density at radius 2 is 2.40 bits per heavy atom. The smallest absolute Gasteiger partial charge is 0.255 e. The second-order valence-electron chi connectivity index (χ2n) is 4.27. The number of nitrogens with zero attached hydrogens (tertiary/aromatic N) is 1. The lowest BCUT2D eigenvalue weighted by Gasteiger charge is -2.13. The molecule has 0 spiro atoms. The fourth-order valence-electron chi connectivity index (χ4n) is 2.27. The zero-order chi connectivity index (χ0) is 10.8. The van der Waals surface area contributed by atoms with Gasteiger partial charge in [0.05, 0.1) is 11.4 Å². The third-order valence-corrected chi connectivity index (χ3v) is 3.54. The van der Waals surface area contributed by atoms with Crippen LogP contribution in [-0.2, 0) is 5.88 Å². The number of halogens is 1. The maximum absolute atomic E-state index is 11.6. The van der Waals surface area contributed by atoms with Crippen LogP contribution in [0.5, 0.6) is 0 Å². The summed E-state index contributed by atoms with van der Waals surface area (Å²) in [5, 5.41) is 0. The first-order chi connectivity index (χ1) is 7.22. The summed E-state index contributed by atoms with van der Waals surface area (Å²) in [6.07, 6.45) is 5.19. The molecular formula is C11H15ClN2O. The third kappa shape index (κ3) is 2.07. The molecule has 2 unspecified atom stereocenters. The fourth-order valence-corrected chi connectivity index (χ4v) is 2.46. The van der Waals surface area contributed by atoms with Gasteiger partial charge in [-0.3, -0.25) is 4.79 Å². The van der Waals surface area contributed by atoms with Crippen LogP contribution in [0.4, 0.5) is 0 Å². The van der Waals surface area contributed by atoms with E-state index in [1.807, 2.05) is 0 Å². The molecule has 15 heavy (non-hydrogen) atoms. The van der Waals surface area contributed by atoms with Gasteiger partial charge in [-0.25, -0.2) is 4.98 Å². The predicted molar refractivity (Wildman–Crippen MR) is 60.2 cm³/mol. The van der Waals surface area contributed by atoms with E-state index in [0.29, 0.717) is 17.4 Å². The van der Waals surface area contributed by atoms with E-state index in [1.165, 1.54) is 12.8 Å². The minimum atomic E-state index is -0.0888. The number of H-pyrrole nitrogens is 1. The molecule has 1 aliphatic rings. The Bertz CT molecular complexity index is 402. The average molecular weight is 227 g/mol. The maximum atomic E-state index is 11.6. The summed E-state index contributed by atoms with van der Waals surface area (Å²) in [5.74, 6) is 2.10. The minimum Gasteiger partial charge on any atom is -0.310 e. The summed E-state index contributed by atoms with van der Waals surface area (Å²) in [6.45, 7) is 2.22. The number of hydrogen-bond donors (Lipinski definition) is 1.